The number of benzene rings is 1. The summed E-state index contributed by atoms with van der Waals surface area (Å²) in [7, 11) is 0. The lowest BCUT2D eigenvalue weighted by molar-refractivity contribution is -0.138. The zero-order valence-electron chi connectivity index (χ0n) is 11.1. The van der Waals surface area contributed by atoms with Crippen LogP contribution in [0.25, 0.3) is 0 Å². The molecule has 9 heteroatoms. The molecule has 0 saturated carbocycles. The molecule has 0 aliphatic carbocycles. The number of H-pyrrole nitrogens is 1. The van der Waals surface area contributed by atoms with Crippen LogP contribution in [0.2, 0.25) is 5.02 Å². The molecule has 0 spiro atoms. The van der Waals surface area contributed by atoms with Crippen molar-refractivity contribution in [2.24, 2.45) is 0 Å². The molecule has 4 nitrogen and oxygen atoms in total. The lowest BCUT2D eigenvalue weighted by atomic mass is 10.1. The number of alkyl halides is 3. The van der Waals surface area contributed by atoms with E-state index in [4.69, 9.17) is 11.6 Å². The van der Waals surface area contributed by atoms with Gasteiger partial charge in [0, 0.05) is 11.3 Å². The largest absolute Gasteiger partial charge is 0.416 e. The highest BCUT2D eigenvalue weighted by atomic mass is 35.5. The summed E-state index contributed by atoms with van der Waals surface area (Å²) in [6.07, 6.45) is -4.78. The van der Waals surface area contributed by atoms with Crippen LogP contribution >= 0.6 is 11.6 Å². The van der Waals surface area contributed by atoms with Gasteiger partial charge in [0.2, 0.25) is 0 Å². The Morgan fingerprint density at radius 1 is 1.27 bits per heavy atom. The summed E-state index contributed by atoms with van der Waals surface area (Å²) in [6, 6.07) is 2.50. The monoisotopic (exact) mass is 336 g/mol. The Kier molecular flexibility index (Phi) is 4.15. The zero-order chi connectivity index (χ0) is 16.7. The van der Waals surface area contributed by atoms with Crippen molar-refractivity contribution >= 4 is 11.6 Å². The first kappa shape index (κ1) is 16.3. The van der Waals surface area contributed by atoms with Gasteiger partial charge in [-0.2, -0.15) is 13.2 Å². The highest BCUT2D eigenvalue weighted by molar-refractivity contribution is 6.30. The van der Waals surface area contributed by atoms with Crippen LogP contribution in [0.15, 0.2) is 27.8 Å². The third-order valence-electron chi connectivity index (χ3n) is 3.13. The second kappa shape index (κ2) is 5.60. The number of hydrogen-bond donors (Lipinski definition) is 1. The quantitative estimate of drug-likeness (QED) is 0.857. The van der Waals surface area contributed by atoms with Crippen LogP contribution in [-0.2, 0) is 12.7 Å². The number of rotatable bonds is 2. The predicted octanol–water partition coefficient (Wildman–Crippen LogP) is 2.70. The second-order valence-corrected chi connectivity index (χ2v) is 4.89. The van der Waals surface area contributed by atoms with E-state index in [9.17, 15) is 27.2 Å². The van der Waals surface area contributed by atoms with Crippen molar-refractivity contribution in [2.45, 2.75) is 19.6 Å². The molecule has 0 bridgehead atoms. The summed E-state index contributed by atoms with van der Waals surface area (Å²) in [5.74, 6) is -1.11. The van der Waals surface area contributed by atoms with E-state index in [2.05, 4.69) is 0 Å². The molecule has 1 N–H and O–H groups in total. The highest BCUT2D eigenvalue weighted by Gasteiger charge is 2.34. The van der Waals surface area contributed by atoms with Crippen molar-refractivity contribution in [2.75, 3.05) is 0 Å². The molecule has 0 atom stereocenters. The van der Waals surface area contributed by atoms with Crippen LogP contribution in [0.5, 0.6) is 0 Å². The fourth-order valence-electron chi connectivity index (χ4n) is 1.99. The second-order valence-electron chi connectivity index (χ2n) is 4.51. The van der Waals surface area contributed by atoms with Crippen LogP contribution in [0.4, 0.5) is 17.6 Å². The Morgan fingerprint density at radius 2 is 1.91 bits per heavy atom. The molecule has 2 aromatic rings. The van der Waals surface area contributed by atoms with Crippen molar-refractivity contribution in [1.29, 1.82) is 0 Å². The van der Waals surface area contributed by atoms with Gasteiger partial charge >= 0.3 is 11.9 Å². The van der Waals surface area contributed by atoms with Gasteiger partial charge in [0.1, 0.15) is 10.8 Å². The summed E-state index contributed by atoms with van der Waals surface area (Å²) in [5, 5.41) is -0.343. The smallest absolute Gasteiger partial charge is 0.292 e. The summed E-state index contributed by atoms with van der Waals surface area (Å²) >= 11 is 5.67. The summed E-state index contributed by atoms with van der Waals surface area (Å²) in [5.41, 5.74) is -3.77. The Bertz CT molecular complexity index is 839. The predicted molar refractivity (Wildman–Crippen MR) is 71.6 cm³/mol. The molecule has 0 unspecified atom stereocenters. The van der Waals surface area contributed by atoms with Crippen molar-refractivity contribution in [3.63, 3.8) is 0 Å². The standard InChI is InChI=1S/C13H9ClF4N2O2/c1-6-10(14)11(21)19-12(22)20(6)5-7-8(13(16,17)18)3-2-4-9(7)15/h2-4H,5H2,1H3,(H,19,21,22). The first-order chi connectivity index (χ1) is 10.1. The van der Waals surface area contributed by atoms with Crippen molar-refractivity contribution in [3.8, 4) is 0 Å². The van der Waals surface area contributed by atoms with Crippen LogP contribution in [0.1, 0.15) is 16.8 Å². The van der Waals surface area contributed by atoms with Gasteiger partial charge in [-0.3, -0.25) is 14.3 Å². The number of halogens is 5. The highest BCUT2D eigenvalue weighted by Crippen LogP contribution is 2.33. The van der Waals surface area contributed by atoms with Gasteiger partial charge in [0.05, 0.1) is 12.1 Å². The van der Waals surface area contributed by atoms with E-state index in [-0.39, 0.29) is 10.7 Å². The number of hydrogen-bond acceptors (Lipinski definition) is 2. The van der Waals surface area contributed by atoms with Crippen LogP contribution in [0.3, 0.4) is 0 Å². The molecular weight excluding hydrogens is 328 g/mol. The van der Waals surface area contributed by atoms with E-state index in [0.29, 0.717) is 6.07 Å². The molecule has 1 aromatic carbocycles. The Balaban J connectivity index is 2.66. The first-order valence-corrected chi connectivity index (χ1v) is 6.34. The van der Waals surface area contributed by atoms with Gasteiger partial charge in [-0.05, 0) is 19.1 Å². The average molecular weight is 337 g/mol. The van der Waals surface area contributed by atoms with E-state index in [0.717, 1.165) is 16.7 Å². The molecule has 0 aliphatic rings. The van der Waals surface area contributed by atoms with Crippen molar-refractivity contribution in [1.82, 2.24) is 9.55 Å². The summed E-state index contributed by atoms with van der Waals surface area (Å²) < 4.78 is 53.4. The fourth-order valence-corrected chi connectivity index (χ4v) is 2.14. The molecule has 0 radical (unpaired) electrons. The van der Waals surface area contributed by atoms with Crippen LogP contribution < -0.4 is 11.2 Å². The minimum Gasteiger partial charge on any atom is -0.292 e. The number of aromatic nitrogens is 2. The maximum Gasteiger partial charge on any atom is 0.416 e. The molecule has 22 heavy (non-hydrogen) atoms. The number of aromatic amines is 1. The summed E-state index contributed by atoms with van der Waals surface area (Å²) in [4.78, 5) is 24.9. The van der Waals surface area contributed by atoms with Gasteiger partial charge in [-0.15, -0.1) is 0 Å². The normalized spacial score (nSPS) is 11.7. The maximum absolute atomic E-state index is 13.8. The van der Waals surface area contributed by atoms with E-state index in [1.54, 1.807) is 0 Å². The molecule has 1 heterocycles. The third kappa shape index (κ3) is 2.92. The lowest BCUT2D eigenvalue weighted by Gasteiger charge is -2.16. The topological polar surface area (TPSA) is 54.9 Å². The van der Waals surface area contributed by atoms with Crippen LogP contribution in [0, 0.1) is 12.7 Å². The zero-order valence-corrected chi connectivity index (χ0v) is 11.8. The lowest BCUT2D eigenvalue weighted by Crippen LogP contribution is -2.33. The fraction of sp³-hybridized carbons (Fsp3) is 0.231. The maximum atomic E-state index is 13.8. The Hall–Kier alpha value is -2.09. The number of nitrogens with zero attached hydrogens (tertiary/aromatic N) is 1. The van der Waals surface area contributed by atoms with E-state index >= 15 is 0 Å². The molecule has 0 fully saturated rings. The average Bonchev–Trinajstić information content (AvgIpc) is 2.41. The van der Waals surface area contributed by atoms with E-state index in [1.165, 1.54) is 6.92 Å². The SMILES string of the molecule is Cc1c(Cl)c(=O)[nH]c(=O)n1Cc1c(F)cccc1C(F)(F)F. The number of nitrogens with one attached hydrogen (secondary N) is 1. The molecule has 2 rings (SSSR count). The Labute approximate surface area is 126 Å². The van der Waals surface area contributed by atoms with Crippen LogP contribution in [-0.4, -0.2) is 9.55 Å². The molecule has 0 saturated heterocycles. The molecule has 0 aliphatic heterocycles. The third-order valence-corrected chi connectivity index (χ3v) is 3.57. The Morgan fingerprint density at radius 3 is 2.50 bits per heavy atom. The van der Waals surface area contributed by atoms with Gasteiger partial charge in [0.25, 0.3) is 5.56 Å². The van der Waals surface area contributed by atoms with Gasteiger partial charge in [-0.25, -0.2) is 9.18 Å². The minimum atomic E-state index is -4.78. The molecule has 118 valence electrons. The minimum absolute atomic E-state index is 0.0493. The van der Waals surface area contributed by atoms with Gasteiger partial charge in [-0.1, -0.05) is 17.7 Å². The van der Waals surface area contributed by atoms with E-state index in [1.807, 2.05) is 4.98 Å². The molecule has 1 aromatic heterocycles. The first-order valence-electron chi connectivity index (χ1n) is 5.96. The van der Waals surface area contributed by atoms with Crippen molar-refractivity contribution < 1.29 is 17.6 Å². The molecular formula is C13H9ClF4N2O2. The van der Waals surface area contributed by atoms with Crippen molar-refractivity contribution in [3.05, 3.63) is 66.7 Å². The van der Waals surface area contributed by atoms with E-state index < -0.39 is 40.9 Å². The van der Waals surface area contributed by atoms with Gasteiger partial charge < -0.3 is 0 Å². The summed E-state index contributed by atoms with van der Waals surface area (Å²) in [6.45, 7) is 0.579. The van der Waals surface area contributed by atoms with Gasteiger partial charge in [0.15, 0.2) is 0 Å². The molecule has 0 amide bonds.